The van der Waals surface area contributed by atoms with Crippen molar-refractivity contribution < 1.29 is 9.53 Å². The monoisotopic (exact) mass is 283 g/mol. The Balaban J connectivity index is 2.13. The number of anilines is 1. The maximum Gasteiger partial charge on any atom is 0.338 e. The van der Waals surface area contributed by atoms with Gasteiger partial charge in [-0.3, -0.25) is 0 Å². The van der Waals surface area contributed by atoms with Gasteiger partial charge in [-0.25, -0.2) is 4.79 Å². The van der Waals surface area contributed by atoms with Crippen LogP contribution in [-0.2, 0) is 11.3 Å². The van der Waals surface area contributed by atoms with Gasteiger partial charge in [0.15, 0.2) is 0 Å². The van der Waals surface area contributed by atoms with E-state index in [0.717, 1.165) is 27.8 Å². The van der Waals surface area contributed by atoms with Crippen molar-refractivity contribution in [1.82, 2.24) is 0 Å². The normalized spacial score (nSPS) is 10.5. The van der Waals surface area contributed by atoms with E-state index in [0.29, 0.717) is 11.3 Å². The number of esters is 1. The van der Waals surface area contributed by atoms with Gasteiger partial charge in [-0.2, -0.15) is 0 Å². The largest absolute Gasteiger partial charge is 0.457 e. The first-order chi connectivity index (χ1) is 9.86. The summed E-state index contributed by atoms with van der Waals surface area (Å²) in [6, 6.07) is 9.74. The molecule has 0 amide bonds. The third kappa shape index (κ3) is 3.63. The van der Waals surface area contributed by atoms with Gasteiger partial charge in [0.05, 0.1) is 5.56 Å². The average molecular weight is 283 g/mol. The van der Waals surface area contributed by atoms with Crippen molar-refractivity contribution in [2.24, 2.45) is 0 Å². The van der Waals surface area contributed by atoms with E-state index in [-0.39, 0.29) is 12.6 Å². The summed E-state index contributed by atoms with van der Waals surface area (Å²) in [5, 5.41) is 0. The molecule has 3 nitrogen and oxygen atoms in total. The Labute approximate surface area is 125 Å². The number of carbonyl (C=O) groups is 1. The third-order valence-corrected chi connectivity index (χ3v) is 3.48. The molecule has 0 unspecified atom stereocenters. The van der Waals surface area contributed by atoms with E-state index < -0.39 is 0 Å². The van der Waals surface area contributed by atoms with Crippen LogP contribution in [0.2, 0.25) is 0 Å². The summed E-state index contributed by atoms with van der Waals surface area (Å²) in [7, 11) is 0. The molecule has 0 saturated heterocycles. The predicted octanol–water partition coefficient (Wildman–Crippen LogP) is 3.86. The molecule has 0 fully saturated rings. The molecule has 110 valence electrons. The number of ether oxygens (including phenoxy) is 1. The van der Waals surface area contributed by atoms with Gasteiger partial charge >= 0.3 is 5.97 Å². The summed E-state index contributed by atoms with van der Waals surface area (Å²) in [6.07, 6.45) is 0. The quantitative estimate of drug-likeness (QED) is 0.687. The molecule has 21 heavy (non-hydrogen) atoms. The van der Waals surface area contributed by atoms with Crippen molar-refractivity contribution in [1.29, 1.82) is 0 Å². The first-order valence-corrected chi connectivity index (χ1v) is 6.98. The van der Waals surface area contributed by atoms with Gasteiger partial charge in [-0.15, -0.1) is 0 Å². The molecule has 0 spiro atoms. The van der Waals surface area contributed by atoms with E-state index in [1.807, 2.05) is 45.9 Å². The van der Waals surface area contributed by atoms with Gasteiger partial charge in [0.1, 0.15) is 6.61 Å². The van der Waals surface area contributed by atoms with Crippen LogP contribution in [-0.4, -0.2) is 5.97 Å². The SMILES string of the molecule is Cc1cc(C)cc(COC(=O)c2cc(N)c(C)cc2C)c1. The Morgan fingerprint density at radius 3 is 2.19 bits per heavy atom. The topological polar surface area (TPSA) is 52.3 Å². The van der Waals surface area contributed by atoms with E-state index in [1.54, 1.807) is 6.07 Å². The highest BCUT2D eigenvalue weighted by Crippen LogP contribution is 2.19. The molecule has 0 aliphatic carbocycles. The molecule has 3 heteroatoms. The minimum atomic E-state index is -0.335. The van der Waals surface area contributed by atoms with Crippen LogP contribution < -0.4 is 5.73 Å². The van der Waals surface area contributed by atoms with Crippen LogP contribution in [0.5, 0.6) is 0 Å². The van der Waals surface area contributed by atoms with Crippen LogP contribution in [0, 0.1) is 27.7 Å². The Morgan fingerprint density at radius 1 is 0.952 bits per heavy atom. The number of nitrogens with two attached hydrogens (primary N) is 1. The number of aryl methyl sites for hydroxylation is 4. The molecule has 0 aliphatic rings. The minimum Gasteiger partial charge on any atom is -0.457 e. The minimum absolute atomic E-state index is 0.272. The van der Waals surface area contributed by atoms with Gasteiger partial charge < -0.3 is 10.5 Å². The lowest BCUT2D eigenvalue weighted by atomic mass is 10.0. The zero-order valence-electron chi connectivity index (χ0n) is 13.0. The first kappa shape index (κ1) is 15.1. The number of carbonyl (C=O) groups excluding carboxylic acids is 1. The average Bonchev–Trinajstić information content (AvgIpc) is 2.39. The fraction of sp³-hybridized carbons (Fsp3) is 0.278. The van der Waals surface area contributed by atoms with E-state index in [1.165, 1.54) is 0 Å². The molecule has 0 aromatic heterocycles. The molecular weight excluding hydrogens is 262 g/mol. The maximum atomic E-state index is 12.2. The highest BCUT2D eigenvalue weighted by molar-refractivity contribution is 5.92. The van der Waals surface area contributed by atoms with Crippen LogP contribution in [0.3, 0.4) is 0 Å². The molecule has 2 aromatic carbocycles. The smallest absolute Gasteiger partial charge is 0.338 e. The Hall–Kier alpha value is -2.29. The number of benzene rings is 2. The van der Waals surface area contributed by atoms with Crippen molar-refractivity contribution in [2.45, 2.75) is 34.3 Å². The first-order valence-electron chi connectivity index (χ1n) is 6.98. The Morgan fingerprint density at radius 2 is 1.57 bits per heavy atom. The van der Waals surface area contributed by atoms with Crippen molar-refractivity contribution >= 4 is 11.7 Å². The van der Waals surface area contributed by atoms with Crippen LogP contribution in [0.4, 0.5) is 5.69 Å². The predicted molar refractivity (Wildman–Crippen MR) is 85.4 cm³/mol. The molecule has 0 bridgehead atoms. The van der Waals surface area contributed by atoms with Crippen LogP contribution in [0.1, 0.15) is 38.2 Å². The molecule has 0 heterocycles. The second-order valence-corrected chi connectivity index (χ2v) is 5.60. The Bertz CT molecular complexity index is 670. The fourth-order valence-electron chi connectivity index (χ4n) is 2.47. The van der Waals surface area contributed by atoms with Gasteiger partial charge in [0.2, 0.25) is 0 Å². The van der Waals surface area contributed by atoms with Gasteiger partial charge in [-0.05, 0) is 50.5 Å². The van der Waals surface area contributed by atoms with E-state index in [2.05, 4.69) is 6.07 Å². The van der Waals surface area contributed by atoms with Gasteiger partial charge in [0, 0.05) is 5.69 Å². The number of nitrogen functional groups attached to an aromatic ring is 1. The van der Waals surface area contributed by atoms with Crippen molar-refractivity contribution in [3.8, 4) is 0 Å². The third-order valence-electron chi connectivity index (χ3n) is 3.48. The summed E-state index contributed by atoms with van der Waals surface area (Å²) in [6.45, 7) is 8.15. The zero-order chi connectivity index (χ0) is 15.6. The highest BCUT2D eigenvalue weighted by atomic mass is 16.5. The second-order valence-electron chi connectivity index (χ2n) is 5.60. The lowest BCUT2D eigenvalue weighted by molar-refractivity contribution is 0.0472. The van der Waals surface area contributed by atoms with Crippen molar-refractivity contribution in [3.05, 3.63) is 63.7 Å². The Kier molecular flexibility index (Phi) is 4.32. The molecule has 0 saturated carbocycles. The molecule has 2 rings (SSSR count). The van der Waals surface area contributed by atoms with Crippen LogP contribution in [0.15, 0.2) is 30.3 Å². The molecule has 2 N–H and O–H groups in total. The molecular formula is C18H21NO2. The fourth-order valence-corrected chi connectivity index (χ4v) is 2.47. The lowest BCUT2D eigenvalue weighted by Crippen LogP contribution is -2.08. The summed E-state index contributed by atoms with van der Waals surface area (Å²) in [5.74, 6) is -0.335. The van der Waals surface area contributed by atoms with E-state index in [4.69, 9.17) is 10.5 Å². The number of rotatable bonds is 3. The lowest BCUT2D eigenvalue weighted by Gasteiger charge is -2.10. The highest BCUT2D eigenvalue weighted by Gasteiger charge is 2.12. The summed E-state index contributed by atoms with van der Waals surface area (Å²) < 4.78 is 5.41. The molecule has 0 aliphatic heterocycles. The molecule has 2 aromatic rings. The summed E-state index contributed by atoms with van der Waals surface area (Å²) in [5.41, 5.74) is 12.2. The summed E-state index contributed by atoms with van der Waals surface area (Å²) >= 11 is 0. The van der Waals surface area contributed by atoms with Crippen LogP contribution in [0.25, 0.3) is 0 Å². The number of hydrogen-bond acceptors (Lipinski definition) is 3. The van der Waals surface area contributed by atoms with E-state index >= 15 is 0 Å². The van der Waals surface area contributed by atoms with Gasteiger partial charge in [0.25, 0.3) is 0 Å². The van der Waals surface area contributed by atoms with Crippen molar-refractivity contribution in [3.63, 3.8) is 0 Å². The number of hydrogen-bond donors (Lipinski definition) is 1. The standard InChI is InChI=1S/C18H21NO2/c1-11-5-12(2)7-15(6-11)10-21-18(20)16-9-17(19)14(4)8-13(16)3/h5-9H,10,19H2,1-4H3. The van der Waals surface area contributed by atoms with Gasteiger partial charge in [-0.1, -0.05) is 35.4 Å². The van der Waals surface area contributed by atoms with Crippen molar-refractivity contribution in [2.75, 3.05) is 5.73 Å². The maximum absolute atomic E-state index is 12.2. The van der Waals surface area contributed by atoms with Crippen LogP contribution >= 0.6 is 0 Å². The second kappa shape index (κ2) is 6.00. The molecule has 0 radical (unpaired) electrons. The summed E-state index contributed by atoms with van der Waals surface area (Å²) in [4.78, 5) is 12.2. The zero-order valence-corrected chi connectivity index (χ0v) is 13.0. The molecule has 0 atom stereocenters. The van der Waals surface area contributed by atoms with E-state index in [9.17, 15) is 4.79 Å².